The smallest absolute Gasteiger partial charge is 0.455 e. The van der Waals surface area contributed by atoms with Crippen molar-refractivity contribution in [3.05, 3.63) is 113 Å². The number of esters is 3. The van der Waals surface area contributed by atoms with E-state index in [1.54, 1.807) is 34.0 Å². The van der Waals surface area contributed by atoms with E-state index < -0.39 is 294 Å². The number of carbonyl (C=O) groups is 18. The Morgan fingerprint density at radius 3 is 1.91 bits per heavy atom. The molecule has 2 heterocycles. The Kier molecular flexibility index (Phi) is 38.0. The monoisotopic (exact) mass is 1970 g/mol. The number of rotatable bonds is 43. The van der Waals surface area contributed by atoms with Crippen LogP contribution in [0.25, 0.3) is 0 Å². The van der Waals surface area contributed by atoms with Gasteiger partial charge in [0, 0.05) is 57.2 Å². The van der Waals surface area contributed by atoms with Gasteiger partial charge in [-0.3, -0.25) is 67.1 Å². The van der Waals surface area contributed by atoms with Crippen LogP contribution < -0.4 is 64.6 Å². The maximum absolute atomic E-state index is 15.5. The minimum atomic E-state index is -5.21. The minimum absolute atomic E-state index is 0.0451. The van der Waals surface area contributed by atoms with E-state index in [1.807, 2.05) is 0 Å². The summed E-state index contributed by atoms with van der Waals surface area (Å²) in [4.78, 5) is 249. The number of carbonyl (C=O) groups excluding carboxylic acids is 18. The van der Waals surface area contributed by atoms with Crippen LogP contribution in [-0.2, 0) is 112 Å². The zero-order chi connectivity index (χ0) is 103. The van der Waals surface area contributed by atoms with E-state index >= 15 is 9.59 Å². The lowest BCUT2D eigenvalue weighted by molar-refractivity contribution is -0.346. The molecule has 4 fully saturated rings. The van der Waals surface area contributed by atoms with Crippen molar-refractivity contribution in [1.29, 1.82) is 0 Å². The molecule has 41 nitrogen and oxygen atoms in total. The summed E-state index contributed by atoms with van der Waals surface area (Å²) < 4.78 is 98.7. The number of aliphatic hydroxyl groups excluding tert-OH is 2. The summed E-state index contributed by atoms with van der Waals surface area (Å²) in [6, 6.07) is 4.38. The maximum atomic E-state index is 15.5. The van der Waals surface area contributed by atoms with Crippen LogP contribution in [0.3, 0.4) is 0 Å². The molecule has 2 saturated carbocycles. The van der Waals surface area contributed by atoms with Crippen LogP contribution in [0.15, 0.2) is 90.0 Å². The Morgan fingerprint density at radius 2 is 1.33 bits per heavy atom. The molecule has 5 aliphatic rings. The molecule has 2 saturated heterocycles. The molecule has 0 spiro atoms. The van der Waals surface area contributed by atoms with E-state index in [2.05, 4.69) is 53.2 Å². The number of nitrogens with two attached hydrogens (primary N) is 2. The third kappa shape index (κ3) is 27.1. The number of thioether (sulfide) groups is 1. The fraction of sp³-hybridized carbons (Fsp3) is 0.587. The number of alkyl carbamates (subject to hydrolysis) is 1. The van der Waals surface area contributed by atoms with E-state index in [0.29, 0.717) is 26.7 Å². The number of primary amides is 2. The number of benzene rings is 3. The van der Waals surface area contributed by atoms with Gasteiger partial charge in [0.15, 0.2) is 11.4 Å². The van der Waals surface area contributed by atoms with Gasteiger partial charge in [0.1, 0.15) is 90.8 Å². The highest BCUT2D eigenvalue weighted by atomic mass is 32.2. The number of likely N-dealkylation sites (tertiary alicyclic amines) is 1. The van der Waals surface area contributed by atoms with Crippen LogP contribution in [0, 0.1) is 34.4 Å². The first-order valence-corrected chi connectivity index (χ1v) is 46.3. The second kappa shape index (κ2) is 47.3. The first-order chi connectivity index (χ1) is 64.5. The van der Waals surface area contributed by atoms with Crippen LogP contribution in [0.5, 0.6) is 0 Å². The topological polar surface area (TPSA) is 608 Å². The molecule has 0 radical (unpaired) electrons. The lowest BCUT2D eigenvalue weighted by atomic mass is 9.44. The van der Waals surface area contributed by atoms with Crippen LogP contribution in [0.2, 0.25) is 0 Å². The number of hydrogen-bond donors (Lipinski definition) is 15. The van der Waals surface area contributed by atoms with Crippen molar-refractivity contribution < 1.29 is 152 Å². The number of Topliss-reactive ketones (excluding diaryl/α,β-unsaturated/α-hetero) is 1. The van der Waals surface area contributed by atoms with Gasteiger partial charge < -0.3 is 118 Å². The molecular weight excluding hydrogens is 1840 g/mol. The summed E-state index contributed by atoms with van der Waals surface area (Å²) in [5.74, 6) is -18.5. The van der Waals surface area contributed by atoms with E-state index in [9.17, 15) is 110 Å². The number of amides is 13. The average Bonchev–Trinajstić information content (AvgIpc) is 0.687. The fourth-order valence-electron chi connectivity index (χ4n) is 17.6. The van der Waals surface area contributed by atoms with E-state index in [-0.39, 0.29) is 84.8 Å². The van der Waals surface area contributed by atoms with Gasteiger partial charge in [-0.25, -0.2) is 23.6 Å². The van der Waals surface area contributed by atoms with Crippen molar-refractivity contribution in [1.82, 2.24) is 52.8 Å². The number of ether oxygens (including phenoxy) is 7. The van der Waals surface area contributed by atoms with E-state index in [1.165, 1.54) is 113 Å². The number of ketones is 1. The minimum Gasteiger partial charge on any atom is -0.455 e. The van der Waals surface area contributed by atoms with Gasteiger partial charge >= 0.3 is 36.3 Å². The molecule has 0 aromatic heterocycles. The number of hydrogen-bond acceptors (Lipinski definition) is 29. The Hall–Kier alpha value is -12.4. The first kappa shape index (κ1) is 111. The summed E-state index contributed by atoms with van der Waals surface area (Å²) in [5, 5.41) is 63.7. The van der Waals surface area contributed by atoms with Crippen LogP contribution >= 0.6 is 11.8 Å². The largest absolute Gasteiger partial charge is 0.509 e. The Balaban J connectivity index is 0.972. The molecule has 17 N–H and O–H groups in total. The zero-order valence-corrected chi connectivity index (χ0v) is 79.7. The number of alkyl halides is 3. The molecule has 3 aromatic rings. The Morgan fingerprint density at radius 1 is 0.717 bits per heavy atom. The number of halogens is 4. The maximum Gasteiger partial charge on any atom is 0.509 e. The Labute approximate surface area is 797 Å². The molecule has 758 valence electrons. The number of fused-ring (bicyclic) bond motifs is 5. The zero-order valence-electron chi connectivity index (χ0n) is 78.9. The highest BCUT2D eigenvalue weighted by Crippen LogP contribution is 2.64. The SMILES string of the molecule is CC[C@H](C)[C@H](NC(=O)CNC(=O)[C@H](CCC(N)=O)NC(=O)[C@@H]1CCCN1C(=O)CNC(C)=O)C(=O)N[C@@H](C)C(=O)N[C@@H](CCSC)C(=O)N[C@@H](CCC(N)=O)C(=O)N[C@@H](CC(C)C)C(=O)Nc1ccc(COC(=O)O[C@@H](C(=O)O[C@H]2C[C@@]3(O)[C@@H](OC(=O)c4cccc(F)c4)[C@@H]4[C@]5(OC(C)=O)CO[C@@H]5C[C@H](O)[C@@]4(C)C(=O)[C@H](O)C(=C2C)C3(C)C)[C@@H](NC(=O)OC(C)(C)C(F)(F)F)c2ccccc2)cc1. The van der Waals surface area contributed by atoms with Gasteiger partial charge in [-0.05, 0) is 150 Å². The fourth-order valence-corrected chi connectivity index (χ4v) is 18.0. The van der Waals surface area contributed by atoms with Crippen molar-refractivity contribution in [3.8, 4) is 0 Å². The molecule has 2 aliphatic heterocycles. The molecular formula is C92H123F4N13O28S. The molecule has 138 heavy (non-hydrogen) atoms. The van der Waals surface area contributed by atoms with E-state index in [0.717, 1.165) is 31.2 Å². The molecule has 19 atom stereocenters. The lowest BCUT2D eigenvalue weighted by Gasteiger charge is -2.67. The molecule has 0 unspecified atom stereocenters. The van der Waals surface area contributed by atoms with Gasteiger partial charge in [-0.15, -0.1) is 0 Å². The van der Waals surface area contributed by atoms with E-state index in [4.69, 9.17) is 44.6 Å². The van der Waals surface area contributed by atoms with Gasteiger partial charge in [-0.2, -0.15) is 24.9 Å². The summed E-state index contributed by atoms with van der Waals surface area (Å²) in [6.45, 7) is 14.2. The third-order valence-corrected chi connectivity index (χ3v) is 26.2. The summed E-state index contributed by atoms with van der Waals surface area (Å²) in [5.41, 5.74) is -2.49. The molecule has 8 rings (SSSR count). The lowest BCUT2D eigenvalue weighted by Crippen LogP contribution is -2.81. The second-order valence-corrected chi connectivity index (χ2v) is 37.6. The van der Waals surface area contributed by atoms with Gasteiger partial charge in [0.2, 0.25) is 82.6 Å². The van der Waals surface area contributed by atoms with Gasteiger partial charge in [0.05, 0.1) is 42.7 Å². The molecule has 3 aliphatic carbocycles. The standard InChI is InChI=1S/C92H123F4N13O28S/c1-15-46(4)69(107-66(115)41-100-77(120)56(30-32-64(97)113)105-81(124)60-25-20-35-109(60)67(116)42-99-49(7)110)82(125)101-48(6)76(119)103-58(34-36-138-14)79(122)104-57(31-33-65(98)114)78(121)106-59(37-45(2)3)80(123)102-55-28-26-51(27-29-55)43-131-86(129)134-72(70(52-21-17-16-18-22-52)108-85(128)137-88(11,12)92(94,95)96)84(127)133-61-40-91(130)75(135-83(126)53-23-19-24-54(93)38-53)73-89(13,74(118)71(117)68(47(61)5)87(91,9)10)62(112)39-63-90(73,44-132-63)136-50(8)111/h16-19,21-24,26-29,38,45-46,48,56-63,69-73,75,112,117,130H,15,20,25,30-37,39-44H2,1-14H3,(H2,97,113)(H2,98,114)(H,99,110)(H,100,120)(H,101,125)(H,102,123)(H,103,119)(H,104,122)(H,105,124)(H,106,121)(H,107,115)(H,108,128)/t46-,48-,56-,57-,58-,59-,60-,61-,62-,63+,69-,70-,71+,72+,73-,75-,89+,90-,91+/m0/s1. The van der Waals surface area contributed by atoms with Crippen molar-refractivity contribution >= 4 is 124 Å². The number of nitrogens with zero attached hydrogens (tertiary/aromatic N) is 1. The number of nitrogens with one attached hydrogen (secondary N) is 10. The number of aliphatic hydroxyl groups is 3. The third-order valence-electron chi connectivity index (χ3n) is 25.6. The average molecular weight is 1970 g/mol. The quantitative estimate of drug-likeness (QED) is 0.0168. The summed E-state index contributed by atoms with van der Waals surface area (Å²) >= 11 is 1.27. The first-order valence-electron chi connectivity index (χ1n) is 44.9. The van der Waals surface area contributed by atoms with Crippen molar-refractivity contribution in [3.63, 3.8) is 0 Å². The molecule has 3 aromatic carbocycles. The van der Waals surface area contributed by atoms with Crippen LogP contribution in [-0.4, -0.2) is 267 Å². The van der Waals surface area contributed by atoms with Crippen molar-refractivity contribution in [2.75, 3.05) is 43.6 Å². The summed E-state index contributed by atoms with van der Waals surface area (Å²) in [7, 11) is 0. The predicted molar refractivity (Wildman–Crippen MR) is 481 cm³/mol. The van der Waals surface area contributed by atoms with Crippen LogP contribution in [0.1, 0.15) is 188 Å². The molecule has 2 bridgehead atoms. The normalized spacial score (nSPS) is 23.4. The number of anilines is 1. The predicted octanol–water partition coefficient (Wildman–Crippen LogP) is 2.79. The van der Waals surface area contributed by atoms with Crippen molar-refractivity contribution in [2.45, 2.75) is 275 Å². The summed E-state index contributed by atoms with van der Waals surface area (Å²) in [6.07, 6.45) is -21.3. The Bertz CT molecular complexity index is 5070. The highest BCUT2D eigenvalue weighted by molar-refractivity contribution is 7.98. The van der Waals surface area contributed by atoms with Crippen LogP contribution in [0.4, 0.5) is 32.8 Å². The van der Waals surface area contributed by atoms with Gasteiger partial charge in [-0.1, -0.05) is 96.5 Å². The molecule has 46 heteroatoms. The second-order valence-electron chi connectivity index (χ2n) is 36.6. The molecule has 13 amide bonds. The van der Waals surface area contributed by atoms with Gasteiger partial charge in [0.25, 0.3) is 0 Å². The van der Waals surface area contributed by atoms with Crippen molar-refractivity contribution in [2.24, 2.45) is 40.1 Å². The highest BCUT2D eigenvalue weighted by Gasteiger charge is 2.78.